The SMILES string of the molecule is CC(C)C[C@@H]1NC(=O)[C@@H](Cc2ccccc2)NC(=O)[C@H](CCNC(=O)OC(C)(C)C)NC(=O)[C@@H](CC(=O)[C@H](CCNC(=O)OC(C)(C)C)NC(=O)[C@@H](CC(=O)[C@@H](O)CCN)C(C)O)CCNC(=O)[C@H](C(C)O)NC(=O)[C@H](CCNC(=O)OC(C)(C)C)CC(=O)[C@H](CCNC(=O)OC(C)(C)C)NC1=O. The van der Waals surface area contributed by atoms with Crippen LogP contribution in [0.1, 0.15) is 181 Å². The van der Waals surface area contributed by atoms with Crippen LogP contribution in [-0.4, -0.2) is 215 Å². The number of rotatable bonds is 28. The molecule has 1 fully saturated rings. The maximum atomic E-state index is 15.2. The monoisotopic (exact) mass is 1460 g/mol. The number of aliphatic hydroxyl groups excluding tert-OH is 3. The molecular weight excluding hydrogens is 1340 g/mol. The first-order valence-corrected chi connectivity index (χ1v) is 35.0. The van der Waals surface area contributed by atoms with Crippen LogP contribution in [0.3, 0.4) is 0 Å². The second-order valence-electron chi connectivity index (χ2n) is 30.1. The van der Waals surface area contributed by atoms with E-state index in [1.54, 1.807) is 127 Å². The van der Waals surface area contributed by atoms with Gasteiger partial charge in [-0.1, -0.05) is 44.2 Å². The van der Waals surface area contributed by atoms with Crippen LogP contribution >= 0.6 is 0 Å². The zero-order valence-electron chi connectivity index (χ0n) is 62.7. The molecule has 12 atom stereocenters. The van der Waals surface area contributed by atoms with Gasteiger partial charge in [0.2, 0.25) is 41.4 Å². The number of ketones is 3. The van der Waals surface area contributed by atoms with Crippen molar-refractivity contribution in [1.29, 1.82) is 0 Å². The summed E-state index contributed by atoms with van der Waals surface area (Å²) >= 11 is 0. The summed E-state index contributed by atoms with van der Waals surface area (Å²) in [6.07, 6.45) is -13.2. The molecule has 0 spiro atoms. The Labute approximate surface area is 603 Å². The Kier molecular flexibility index (Phi) is 37.7. The smallest absolute Gasteiger partial charge is 0.407 e. The van der Waals surface area contributed by atoms with Crippen molar-refractivity contribution in [3.05, 3.63) is 35.9 Å². The summed E-state index contributed by atoms with van der Waals surface area (Å²) in [5, 5.41) is 60.8. The zero-order chi connectivity index (χ0) is 78.3. The molecule has 33 nitrogen and oxygen atoms in total. The van der Waals surface area contributed by atoms with E-state index in [-0.39, 0.29) is 70.7 Å². The van der Waals surface area contributed by atoms with E-state index in [4.69, 9.17) is 24.7 Å². The fraction of sp³-hybridized carbons (Fsp3) is 0.714. The number of carbonyl (C=O) groups is 14. The average Bonchev–Trinajstić information content (AvgIpc) is 1.16. The Balaban J connectivity index is 3.09. The van der Waals surface area contributed by atoms with Gasteiger partial charge in [-0.15, -0.1) is 0 Å². The topological polar surface area (TPSA) is 495 Å². The molecule has 33 heteroatoms. The number of aliphatic hydroxyl groups is 3. The molecule has 11 amide bonds. The molecule has 582 valence electrons. The predicted molar refractivity (Wildman–Crippen MR) is 377 cm³/mol. The van der Waals surface area contributed by atoms with E-state index < -0.39 is 223 Å². The van der Waals surface area contributed by atoms with Crippen molar-refractivity contribution in [2.24, 2.45) is 29.4 Å². The normalized spacial score (nSPS) is 21.1. The van der Waals surface area contributed by atoms with Gasteiger partial charge in [-0.3, -0.25) is 47.9 Å². The highest BCUT2D eigenvalue weighted by Crippen LogP contribution is 2.21. The van der Waals surface area contributed by atoms with Gasteiger partial charge >= 0.3 is 24.4 Å². The van der Waals surface area contributed by atoms with Crippen molar-refractivity contribution in [3.8, 4) is 0 Å². The predicted octanol–water partition coefficient (Wildman–Crippen LogP) is 1.56. The van der Waals surface area contributed by atoms with Crippen molar-refractivity contribution in [2.45, 2.75) is 258 Å². The number of ether oxygens (including phenoxy) is 4. The van der Waals surface area contributed by atoms with Gasteiger partial charge in [-0.05, 0) is 160 Å². The molecule has 1 aromatic rings. The van der Waals surface area contributed by atoms with Gasteiger partial charge in [0.15, 0.2) is 17.3 Å². The van der Waals surface area contributed by atoms with Crippen LogP contribution in [0.25, 0.3) is 0 Å². The molecule has 1 aliphatic heterocycles. The standard InChI is InChI=1S/C70H116N12O21/c1-39(2)34-49-60(93)78-47(26-32-75-65(98)102-69(11,12)13)53(87)37-44(24-30-73-63(96)100-67(5,6)7)57(90)82-55(41(4)84)62(95)72-29-23-43(36-52(86)46(25-31-74-64(97)101-68(8,9)10)77-58(91)45(40(3)83)38-54(88)51(85)22-28-71)56(89)79-48(27-33-76-66(99)103-70(14,15)16)59(92)81-50(61(94)80-49)35-42-20-18-17-19-21-42/h17-21,39-41,43-51,55,83-85H,22-38,71H2,1-16H3,(H,72,95)(H,73,96)(H,74,97)(H,75,98)(H,76,99)(H,77,91)(H,78,93)(H,79,89)(H,80,94)(H,81,92)(H,82,90)/t40?,41?,43-,44-,45+,46+,47+,48+,49+,50-,51+,55+/m1/s1. The summed E-state index contributed by atoms with van der Waals surface area (Å²) < 4.78 is 21.5. The summed E-state index contributed by atoms with van der Waals surface area (Å²) in [5.41, 5.74) is 2.18. The largest absolute Gasteiger partial charge is 0.444 e. The maximum Gasteiger partial charge on any atom is 0.407 e. The number of hydrogen-bond donors (Lipinski definition) is 15. The first-order valence-electron chi connectivity index (χ1n) is 35.0. The van der Waals surface area contributed by atoms with Gasteiger partial charge in [0.05, 0.1) is 30.2 Å². The van der Waals surface area contributed by atoms with Crippen LogP contribution in [0.2, 0.25) is 0 Å². The van der Waals surface area contributed by atoms with Crippen molar-refractivity contribution in [1.82, 2.24) is 58.5 Å². The fourth-order valence-electron chi connectivity index (χ4n) is 10.3. The Morgan fingerprint density at radius 2 is 0.981 bits per heavy atom. The molecule has 1 aromatic carbocycles. The van der Waals surface area contributed by atoms with Gasteiger partial charge in [0.1, 0.15) is 52.7 Å². The van der Waals surface area contributed by atoms with Gasteiger partial charge in [0.25, 0.3) is 0 Å². The van der Waals surface area contributed by atoms with E-state index in [9.17, 15) is 68.1 Å². The number of carbonyl (C=O) groups excluding carboxylic acids is 14. The summed E-state index contributed by atoms with van der Waals surface area (Å²) in [6.45, 7) is 23.1. The van der Waals surface area contributed by atoms with Crippen molar-refractivity contribution in [3.63, 3.8) is 0 Å². The summed E-state index contributed by atoms with van der Waals surface area (Å²) in [5.74, 6) is -14.7. The summed E-state index contributed by atoms with van der Waals surface area (Å²) in [7, 11) is 0. The first kappa shape index (κ1) is 90.5. The van der Waals surface area contributed by atoms with Gasteiger partial charge in [0, 0.05) is 70.2 Å². The molecule has 2 rings (SSSR count). The average molecular weight is 1460 g/mol. The van der Waals surface area contributed by atoms with Gasteiger partial charge in [-0.25, -0.2) is 19.2 Å². The molecule has 1 heterocycles. The maximum absolute atomic E-state index is 15.2. The molecule has 0 saturated carbocycles. The second-order valence-corrected chi connectivity index (χ2v) is 30.1. The third-order valence-corrected chi connectivity index (χ3v) is 15.4. The highest BCUT2D eigenvalue weighted by molar-refractivity contribution is 5.99. The minimum absolute atomic E-state index is 0.0785. The van der Waals surface area contributed by atoms with Crippen LogP contribution in [0.15, 0.2) is 30.3 Å². The van der Waals surface area contributed by atoms with Crippen LogP contribution in [0.4, 0.5) is 19.2 Å². The van der Waals surface area contributed by atoms with E-state index >= 15 is 14.4 Å². The minimum atomic E-state index is -1.83. The second kappa shape index (κ2) is 42.9. The molecule has 0 aromatic heterocycles. The summed E-state index contributed by atoms with van der Waals surface area (Å²) in [6, 6.07) is -1.43. The Hall–Kier alpha value is -8.56. The molecule has 0 radical (unpaired) electrons. The van der Waals surface area contributed by atoms with Crippen LogP contribution in [0.5, 0.6) is 0 Å². The third kappa shape index (κ3) is 37.4. The van der Waals surface area contributed by atoms with Crippen molar-refractivity contribution < 1.29 is 101 Å². The number of benzene rings is 1. The fourth-order valence-corrected chi connectivity index (χ4v) is 10.3. The zero-order valence-corrected chi connectivity index (χ0v) is 62.7. The molecule has 1 aliphatic rings. The van der Waals surface area contributed by atoms with E-state index in [1.807, 2.05) is 0 Å². The van der Waals surface area contributed by atoms with Crippen molar-refractivity contribution >= 4 is 83.1 Å². The van der Waals surface area contributed by atoms with E-state index in [0.29, 0.717) is 5.56 Å². The van der Waals surface area contributed by atoms with Gasteiger partial charge < -0.3 is 98.5 Å². The lowest BCUT2D eigenvalue weighted by molar-refractivity contribution is -0.138. The highest BCUT2D eigenvalue weighted by atomic mass is 16.6. The summed E-state index contributed by atoms with van der Waals surface area (Å²) in [4.78, 5) is 198. The molecule has 0 bridgehead atoms. The van der Waals surface area contributed by atoms with E-state index in [2.05, 4.69) is 58.5 Å². The number of hydrogen-bond acceptors (Lipinski definition) is 22. The number of nitrogens with one attached hydrogen (secondary N) is 11. The van der Waals surface area contributed by atoms with Crippen molar-refractivity contribution in [2.75, 3.05) is 39.3 Å². The highest BCUT2D eigenvalue weighted by Gasteiger charge is 2.39. The molecule has 2 unspecified atom stereocenters. The lowest BCUT2D eigenvalue weighted by Gasteiger charge is -2.28. The van der Waals surface area contributed by atoms with Gasteiger partial charge in [-0.2, -0.15) is 0 Å². The lowest BCUT2D eigenvalue weighted by Crippen LogP contribution is -2.59. The quantitative estimate of drug-likeness (QED) is 0.0529. The number of amides is 11. The minimum Gasteiger partial charge on any atom is -0.444 e. The Bertz CT molecular complexity index is 3010. The van der Waals surface area contributed by atoms with Crippen LogP contribution in [0, 0.1) is 23.7 Å². The van der Waals surface area contributed by atoms with E-state index in [0.717, 1.165) is 6.92 Å². The van der Waals surface area contributed by atoms with Crippen LogP contribution in [-0.2, 0) is 73.3 Å². The Morgan fingerprint density at radius 3 is 1.47 bits per heavy atom. The molecule has 0 aliphatic carbocycles. The number of alkyl carbamates (subject to hydrolysis) is 4. The molecule has 103 heavy (non-hydrogen) atoms. The number of nitrogens with two attached hydrogens (primary N) is 1. The van der Waals surface area contributed by atoms with E-state index in [1.165, 1.54) is 6.92 Å². The lowest BCUT2D eigenvalue weighted by atomic mass is 9.90. The third-order valence-electron chi connectivity index (χ3n) is 15.4. The first-order chi connectivity index (χ1) is 47.7. The number of Topliss-reactive ketones (excluding diaryl/α,β-unsaturated/α-hetero) is 3. The van der Waals surface area contributed by atoms with Crippen LogP contribution < -0.4 is 64.2 Å². The molecule has 16 N–H and O–H groups in total. The Morgan fingerprint density at radius 1 is 0.534 bits per heavy atom. The molecule has 1 saturated heterocycles. The molecular formula is C70H116N12O21.